The van der Waals surface area contributed by atoms with Crippen LogP contribution >= 0.6 is 0 Å². The third-order valence-electron chi connectivity index (χ3n) is 4.31. The maximum absolute atomic E-state index is 9.52. The highest BCUT2D eigenvalue weighted by atomic mass is 16.8. The summed E-state index contributed by atoms with van der Waals surface area (Å²) >= 11 is 0. The Kier molecular flexibility index (Phi) is 4.35. The minimum atomic E-state index is -0.732. The molecule has 0 radical (unpaired) electrons. The normalized spacial score (nSPS) is 30.5. The van der Waals surface area contributed by atoms with Crippen molar-refractivity contribution in [1.82, 2.24) is 5.16 Å². The van der Waals surface area contributed by atoms with Crippen LogP contribution in [-0.2, 0) is 25.6 Å². The van der Waals surface area contributed by atoms with Crippen LogP contribution in [0, 0.1) is 0 Å². The second kappa shape index (κ2) is 6.51. The van der Waals surface area contributed by atoms with Crippen LogP contribution in [0.15, 0.2) is 40.9 Å². The first kappa shape index (κ1) is 16.7. The van der Waals surface area contributed by atoms with E-state index in [1.807, 2.05) is 50.2 Å². The van der Waals surface area contributed by atoms with Gasteiger partial charge >= 0.3 is 0 Å². The van der Waals surface area contributed by atoms with Gasteiger partial charge in [0.15, 0.2) is 17.8 Å². The zero-order valence-corrected chi connectivity index (χ0v) is 14.1. The van der Waals surface area contributed by atoms with Crippen molar-refractivity contribution in [3.8, 4) is 11.3 Å². The minimum absolute atomic E-state index is 0.170. The first-order valence-corrected chi connectivity index (χ1v) is 8.30. The lowest BCUT2D eigenvalue weighted by Gasteiger charge is -2.24. The SMILES string of the molecule is CC1(C)O[C@H]2O[C@H](CO)[C@H](OCc3cc(-c4ccccc4)no3)[C@H]2O1. The van der Waals surface area contributed by atoms with E-state index in [9.17, 15) is 5.11 Å². The molecule has 0 amide bonds. The summed E-state index contributed by atoms with van der Waals surface area (Å²) in [4.78, 5) is 0. The second-order valence-electron chi connectivity index (χ2n) is 6.65. The molecular formula is C18H21NO6. The van der Waals surface area contributed by atoms with Crippen LogP contribution in [0.3, 0.4) is 0 Å². The van der Waals surface area contributed by atoms with Crippen LogP contribution in [0.1, 0.15) is 19.6 Å². The molecule has 0 unspecified atom stereocenters. The molecule has 0 saturated carbocycles. The molecule has 0 aliphatic carbocycles. The molecule has 2 aliphatic rings. The number of ether oxygens (including phenoxy) is 4. The van der Waals surface area contributed by atoms with E-state index >= 15 is 0 Å². The van der Waals surface area contributed by atoms with Crippen LogP contribution in [0.4, 0.5) is 0 Å². The van der Waals surface area contributed by atoms with Gasteiger partial charge in [0.25, 0.3) is 0 Å². The Morgan fingerprint density at radius 3 is 2.76 bits per heavy atom. The fraction of sp³-hybridized carbons (Fsp3) is 0.500. The predicted molar refractivity (Wildman–Crippen MR) is 86.3 cm³/mol. The molecule has 7 heteroatoms. The van der Waals surface area contributed by atoms with Gasteiger partial charge in [-0.2, -0.15) is 0 Å². The summed E-state index contributed by atoms with van der Waals surface area (Å²) in [5.74, 6) is -0.137. The number of rotatable bonds is 5. The number of hydrogen-bond acceptors (Lipinski definition) is 7. The van der Waals surface area contributed by atoms with Crippen molar-refractivity contribution in [1.29, 1.82) is 0 Å². The summed E-state index contributed by atoms with van der Waals surface area (Å²) in [6.07, 6.45) is -1.86. The van der Waals surface area contributed by atoms with E-state index in [0.29, 0.717) is 5.76 Å². The van der Waals surface area contributed by atoms with Crippen LogP contribution < -0.4 is 0 Å². The van der Waals surface area contributed by atoms with E-state index in [1.165, 1.54) is 0 Å². The van der Waals surface area contributed by atoms with Crippen LogP contribution in [-0.4, -0.2) is 47.3 Å². The summed E-state index contributed by atoms with van der Waals surface area (Å²) in [5.41, 5.74) is 1.73. The quantitative estimate of drug-likeness (QED) is 0.887. The number of aliphatic hydroxyl groups excluding tert-OH is 1. The smallest absolute Gasteiger partial charge is 0.190 e. The molecule has 1 aromatic carbocycles. The molecular weight excluding hydrogens is 326 g/mol. The molecule has 3 heterocycles. The minimum Gasteiger partial charge on any atom is -0.394 e. The fourth-order valence-corrected chi connectivity index (χ4v) is 3.20. The molecule has 2 fully saturated rings. The van der Waals surface area contributed by atoms with Gasteiger partial charge in [0, 0.05) is 11.6 Å². The molecule has 25 heavy (non-hydrogen) atoms. The zero-order valence-electron chi connectivity index (χ0n) is 14.1. The monoisotopic (exact) mass is 347 g/mol. The molecule has 4 rings (SSSR count). The van der Waals surface area contributed by atoms with Crippen molar-refractivity contribution in [2.75, 3.05) is 6.61 Å². The van der Waals surface area contributed by atoms with E-state index in [2.05, 4.69) is 5.16 Å². The van der Waals surface area contributed by atoms with E-state index in [-0.39, 0.29) is 19.3 Å². The van der Waals surface area contributed by atoms with E-state index in [4.69, 9.17) is 23.5 Å². The number of nitrogens with zero attached hydrogens (tertiary/aromatic N) is 1. The first-order valence-electron chi connectivity index (χ1n) is 8.30. The van der Waals surface area contributed by atoms with Crippen LogP contribution in [0.25, 0.3) is 11.3 Å². The Morgan fingerprint density at radius 2 is 2.00 bits per heavy atom. The highest BCUT2D eigenvalue weighted by Crippen LogP contribution is 2.38. The third-order valence-corrected chi connectivity index (χ3v) is 4.31. The maximum atomic E-state index is 9.52. The van der Waals surface area contributed by atoms with Gasteiger partial charge in [-0.05, 0) is 13.8 Å². The molecule has 2 aromatic rings. The molecule has 4 atom stereocenters. The molecule has 1 aromatic heterocycles. The van der Waals surface area contributed by atoms with Crippen molar-refractivity contribution in [3.63, 3.8) is 0 Å². The van der Waals surface area contributed by atoms with E-state index in [1.54, 1.807) is 0 Å². The number of fused-ring (bicyclic) bond motifs is 1. The molecule has 134 valence electrons. The lowest BCUT2D eigenvalue weighted by atomic mass is 10.1. The Labute approximate surface area is 145 Å². The Hall–Kier alpha value is -1.77. The first-order chi connectivity index (χ1) is 12.1. The fourth-order valence-electron chi connectivity index (χ4n) is 3.20. The molecule has 0 bridgehead atoms. The van der Waals surface area contributed by atoms with Gasteiger partial charge in [-0.3, -0.25) is 0 Å². The molecule has 2 aliphatic heterocycles. The van der Waals surface area contributed by atoms with E-state index in [0.717, 1.165) is 11.3 Å². The lowest BCUT2D eigenvalue weighted by molar-refractivity contribution is -0.223. The predicted octanol–water partition coefficient (Wildman–Crippen LogP) is 2.10. The zero-order chi connectivity index (χ0) is 17.4. The Morgan fingerprint density at radius 1 is 1.20 bits per heavy atom. The van der Waals surface area contributed by atoms with Gasteiger partial charge in [0.05, 0.1) is 6.61 Å². The molecule has 2 saturated heterocycles. The largest absolute Gasteiger partial charge is 0.394 e. The standard InChI is InChI=1S/C18H21NO6/c1-18(2)23-16-15(14(9-20)22-17(16)24-18)21-10-12-8-13(19-25-12)11-6-4-3-5-7-11/h3-8,14-17,20H,9-10H2,1-2H3/t14-,15+,16-,17-/m1/s1. The summed E-state index contributed by atoms with van der Waals surface area (Å²) in [5, 5.41) is 13.6. The number of aliphatic hydroxyl groups is 1. The molecule has 7 nitrogen and oxygen atoms in total. The molecule has 0 spiro atoms. The number of aromatic nitrogens is 1. The van der Waals surface area contributed by atoms with Gasteiger partial charge < -0.3 is 28.6 Å². The third kappa shape index (κ3) is 3.33. The summed E-state index contributed by atoms with van der Waals surface area (Å²) in [6, 6.07) is 11.6. The summed E-state index contributed by atoms with van der Waals surface area (Å²) in [7, 11) is 0. The van der Waals surface area contributed by atoms with Crippen molar-refractivity contribution < 1.29 is 28.6 Å². The van der Waals surface area contributed by atoms with Gasteiger partial charge in [-0.1, -0.05) is 35.5 Å². The van der Waals surface area contributed by atoms with E-state index < -0.39 is 24.3 Å². The van der Waals surface area contributed by atoms with Gasteiger partial charge in [0.1, 0.15) is 30.6 Å². The maximum Gasteiger partial charge on any atom is 0.190 e. The van der Waals surface area contributed by atoms with Crippen molar-refractivity contribution >= 4 is 0 Å². The average molecular weight is 347 g/mol. The molecule has 1 N–H and O–H groups in total. The summed E-state index contributed by atoms with van der Waals surface area (Å²) in [6.45, 7) is 3.68. The average Bonchev–Trinajstić information content (AvgIpc) is 3.26. The topological polar surface area (TPSA) is 83.2 Å². The van der Waals surface area contributed by atoms with Crippen LogP contribution in [0.2, 0.25) is 0 Å². The Balaban J connectivity index is 1.43. The highest BCUT2D eigenvalue weighted by Gasteiger charge is 2.55. The Bertz CT molecular complexity index is 715. The number of benzene rings is 1. The van der Waals surface area contributed by atoms with Crippen molar-refractivity contribution in [3.05, 3.63) is 42.2 Å². The lowest BCUT2D eigenvalue weighted by Crippen LogP contribution is -2.38. The van der Waals surface area contributed by atoms with Gasteiger partial charge in [0.2, 0.25) is 0 Å². The van der Waals surface area contributed by atoms with Crippen LogP contribution in [0.5, 0.6) is 0 Å². The van der Waals surface area contributed by atoms with Gasteiger partial charge in [-0.15, -0.1) is 0 Å². The van der Waals surface area contributed by atoms with Crippen molar-refractivity contribution in [2.45, 2.75) is 50.8 Å². The summed E-state index contributed by atoms with van der Waals surface area (Å²) < 4.78 is 28.5. The van der Waals surface area contributed by atoms with Gasteiger partial charge in [-0.25, -0.2) is 0 Å². The number of hydrogen-bond donors (Lipinski definition) is 1. The second-order valence-corrected chi connectivity index (χ2v) is 6.65. The highest BCUT2D eigenvalue weighted by molar-refractivity contribution is 5.58. The van der Waals surface area contributed by atoms with Crippen molar-refractivity contribution in [2.24, 2.45) is 0 Å².